The number of aliphatic carboxylic acids is 1. The SMILES string of the molecule is NCCCCC(N)C(=O)N1CCC[C@@]1(O)C(=O)O. The number of unbranched alkanes of at least 4 members (excludes halogenated alkanes) is 1. The molecule has 0 saturated carbocycles. The molecule has 1 aliphatic rings. The highest BCUT2D eigenvalue weighted by atomic mass is 16.4. The van der Waals surface area contributed by atoms with Gasteiger partial charge in [0.05, 0.1) is 6.04 Å². The molecule has 1 unspecified atom stereocenters. The predicted octanol–water partition coefficient (Wildman–Crippen LogP) is -1.16. The van der Waals surface area contributed by atoms with Gasteiger partial charge < -0.3 is 26.6 Å². The van der Waals surface area contributed by atoms with Crippen LogP contribution in [0.5, 0.6) is 0 Å². The van der Waals surface area contributed by atoms with Crippen molar-refractivity contribution in [1.82, 2.24) is 4.90 Å². The molecular formula is C11H21N3O4. The maximum absolute atomic E-state index is 12.0. The highest BCUT2D eigenvalue weighted by molar-refractivity contribution is 5.88. The van der Waals surface area contributed by atoms with Crippen LogP contribution in [0.15, 0.2) is 0 Å². The molecule has 7 heteroatoms. The van der Waals surface area contributed by atoms with Crippen LogP contribution in [0.2, 0.25) is 0 Å². The Kier molecular flexibility index (Phi) is 5.06. The molecule has 0 aromatic rings. The zero-order valence-electron chi connectivity index (χ0n) is 10.3. The van der Waals surface area contributed by atoms with Gasteiger partial charge in [-0.25, -0.2) is 4.79 Å². The smallest absolute Gasteiger partial charge is 0.357 e. The van der Waals surface area contributed by atoms with Crippen molar-refractivity contribution < 1.29 is 19.8 Å². The molecule has 104 valence electrons. The Morgan fingerprint density at radius 3 is 2.61 bits per heavy atom. The topological polar surface area (TPSA) is 130 Å². The molecule has 18 heavy (non-hydrogen) atoms. The number of aliphatic hydroxyl groups is 1. The van der Waals surface area contributed by atoms with Gasteiger partial charge in [-0.2, -0.15) is 0 Å². The van der Waals surface area contributed by atoms with Gasteiger partial charge in [0, 0.05) is 13.0 Å². The second kappa shape index (κ2) is 6.12. The number of carbonyl (C=O) groups is 2. The Hall–Kier alpha value is -1.18. The van der Waals surface area contributed by atoms with E-state index < -0.39 is 23.6 Å². The van der Waals surface area contributed by atoms with Crippen molar-refractivity contribution in [2.45, 2.75) is 43.9 Å². The van der Waals surface area contributed by atoms with Crippen LogP contribution in [0.1, 0.15) is 32.1 Å². The van der Waals surface area contributed by atoms with E-state index in [2.05, 4.69) is 0 Å². The third kappa shape index (κ3) is 2.98. The molecule has 1 fully saturated rings. The van der Waals surface area contributed by atoms with Gasteiger partial charge in [0.2, 0.25) is 11.6 Å². The summed E-state index contributed by atoms with van der Waals surface area (Å²) < 4.78 is 0. The van der Waals surface area contributed by atoms with Gasteiger partial charge in [0.1, 0.15) is 0 Å². The first-order valence-corrected chi connectivity index (χ1v) is 6.16. The number of carbonyl (C=O) groups excluding carboxylic acids is 1. The molecule has 1 heterocycles. The molecule has 0 radical (unpaired) electrons. The Balaban J connectivity index is 2.62. The van der Waals surface area contributed by atoms with Gasteiger partial charge in [0.15, 0.2) is 0 Å². The Morgan fingerprint density at radius 1 is 1.39 bits per heavy atom. The first-order valence-electron chi connectivity index (χ1n) is 6.16. The summed E-state index contributed by atoms with van der Waals surface area (Å²) in [6, 6.07) is -0.777. The fourth-order valence-electron chi connectivity index (χ4n) is 2.15. The summed E-state index contributed by atoms with van der Waals surface area (Å²) in [5.41, 5.74) is 8.97. The summed E-state index contributed by atoms with van der Waals surface area (Å²) in [4.78, 5) is 24.0. The van der Waals surface area contributed by atoms with E-state index in [1.54, 1.807) is 0 Å². The van der Waals surface area contributed by atoms with Crippen LogP contribution in [0.3, 0.4) is 0 Å². The summed E-state index contributed by atoms with van der Waals surface area (Å²) in [5.74, 6) is -1.91. The lowest BCUT2D eigenvalue weighted by molar-refractivity contribution is -0.182. The van der Waals surface area contributed by atoms with Gasteiger partial charge in [-0.3, -0.25) is 4.79 Å². The Morgan fingerprint density at radius 2 is 2.06 bits per heavy atom. The van der Waals surface area contributed by atoms with Gasteiger partial charge in [0.25, 0.3) is 0 Å². The van der Waals surface area contributed by atoms with Crippen molar-refractivity contribution >= 4 is 11.9 Å². The number of amides is 1. The number of likely N-dealkylation sites (tertiary alicyclic amines) is 1. The molecule has 0 aliphatic carbocycles. The summed E-state index contributed by atoms with van der Waals surface area (Å²) >= 11 is 0. The van der Waals surface area contributed by atoms with Crippen molar-refractivity contribution in [3.05, 3.63) is 0 Å². The van der Waals surface area contributed by atoms with Crippen LogP contribution in [-0.4, -0.2) is 51.8 Å². The summed E-state index contributed by atoms with van der Waals surface area (Å²) in [5, 5.41) is 18.9. The molecule has 1 rings (SSSR count). The average molecular weight is 259 g/mol. The molecule has 0 aromatic heterocycles. The molecular weight excluding hydrogens is 238 g/mol. The lowest BCUT2D eigenvalue weighted by Gasteiger charge is -2.31. The summed E-state index contributed by atoms with van der Waals surface area (Å²) in [7, 11) is 0. The number of hydrogen-bond donors (Lipinski definition) is 4. The van der Waals surface area contributed by atoms with Crippen LogP contribution < -0.4 is 11.5 Å². The third-order valence-electron chi connectivity index (χ3n) is 3.25. The van der Waals surface area contributed by atoms with Crippen LogP contribution in [0.25, 0.3) is 0 Å². The number of nitrogens with zero attached hydrogens (tertiary/aromatic N) is 1. The van der Waals surface area contributed by atoms with E-state index >= 15 is 0 Å². The molecule has 2 atom stereocenters. The maximum Gasteiger partial charge on any atom is 0.357 e. The third-order valence-corrected chi connectivity index (χ3v) is 3.25. The van der Waals surface area contributed by atoms with Crippen LogP contribution in [0, 0.1) is 0 Å². The van der Waals surface area contributed by atoms with Crippen molar-refractivity contribution in [2.24, 2.45) is 11.5 Å². The Labute approximate surface area is 106 Å². The second-order valence-electron chi connectivity index (χ2n) is 4.61. The van der Waals surface area contributed by atoms with Crippen molar-refractivity contribution in [3.63, 3.8) is 0 Å². The first-order chi connectivity index (χ1) is 8.43. The molecule has 1 saturated heterocycles. The van der Waals surface area contributed by atoms with Crippen LogP contribution in [0.4, 0.5) is 0 Å². The average Bonchev–Trinajstić information content (AvgIpc) is 2.72. The standard InChI is InChI=1S/C11H21N3O4/c12-6-2-1-4-8(13)9(15)14-7-3-5-11(14,18)10(16)17/h8,18H,1-7,12-13H2,(H,16,17)/t8?,11-/m1/s1. The van der Waals surface area contributed by atoms with Gasteiger partial charge in [-0.05, 0) is 25.8 Å². The molecule has 7 nitrogen and oxygen atoms in total. The van der Waals surface area contributed by atoms with Gasteiger partial charge in [-0.15, -0.1) is 0 Å². The van der Waals surface area contributed by atoms with Crippen molar-refractivity contribution in [1.29, 1.82) is 0 Å². The highest BCUT2D eigenvalue weighted by Crippen LogP contribution is 2.27. The highest BCUT2D eigenvalue weighted by Gasteiger charge is 2.49. The molecule has 0 aromatic carbocycles. The second-order valence-corrected chi connectivity index (χ2v) is 4.61. The largest absolute Gasteiger partial charge is 0.478 e. The van der Waals surface area contributed by atoms with E-state index in [-0.39, 0.29) is 13.0 Å². The van der Waals surface area contributed by atoms with E-state index in [9.17, 15) is 14.7 Å². The quantitative estimate of drug-likeness (QED) is 0.445. The van der Waals surface area contributed by atoms with E-state index in [0.717, 1.165) is 11.3 Å². The number of carboxylic acids is 1. The number of nitrogens with two attached hydrogens (primary N) is 2. The summed E-state index contributed by atoms with van der Waals surface area (Å²) in [6.45, 7) is 0.760. The minimum absolute atomic E-state index is 0.0452. The van der Waals surface area contributed by atoms with Crippen molar-refractivity contribution in [3.8, 4) is 0 Å². The molecule has 1 aliphatic heterocycles. The normalized spacial score (nSPS) is 25.2. The number of rotatable bonds is 6. The fraction of sp³-hybridized carbons (Fsp3) is 0.818. The van der Waals surface area contributed by atoms with E-state index in [1.165, 1.54) is 0 Å². The zero-order chi connectivity index (χ0) is 13.8. The Bertz CT molecular complexity index is 323. The summed E-state index contributed by atoms with van der Waals surface area (Å²) in [6.07, 6.45) is 2.43. The van der Waals surface area contributed by atoms with Crippen LogP contribution in [-0.2, 0) is 9.59 Å². The van der Waals surface area contributed by atoms with E-state index in [1.807, 2.05) is 0 Å². The molecule has 0 bridgehead atoms. The number of hydrogen-bond acceptors (Lipinski definition) is 5. The van der Waals surface area contributed by atoms with Gasteiger partial charge in [-0.1, -0.05) is 6.42 Å². The van der Waals surface area contributed by atoms with Gasteiger partial charge >= 0.3 is 5.97 Å². The van der Waals surface area contributed by atoms with E-state index in [0.29, 0.717) is 25.8 Å². The fourth-order valence-corrected chi connectivity index (χ4v) is 2.15. The number of carboxylic acid groups (broad SMARTS) is 1. The monoisotopic (exact) mass is 259 g/mol. The van der Waals surface area contributed by atoms with Crippen LogP contribution >= 0.6 is 0 Å². The minimum atomic E-state index is -2.09. The zero-order valence-corrected chi connectivity index (χ0v) is 10.3. The maximum atomic E-state index is 12.0. The lowest BCUT2D eigenvalue weighted by atomic mass is 10.1. The molecule has 6 N–H and O–H groups in total. The van der Waals surface area contributed by atoms with E-state index in [4.69, 9.17) is 16.6 Å². The molecule has 0 spiro atoms. The lowest BCUT2D eigenvalue weighted by Crippen LogP contribution is -2.57. The first kappa shape index (κ1) is 14.9. The molecule has 1 amide bonds. The minimum Gasteiger partial charge on any atom is -0.478 e. The predicted molar refractivity (Wildman–Crippen MR) is 64.4 cm³/mol. The van der Waals surface area contributed by atoms with Crippen molar-refractivity contribution in [2.75, 3.05) is 13.1 Å².